The third kappa shape index (κ3) is 3.20. The van der Waals surface area contributed by atoms with Crippen LogP contribution >= 0.6 is 0 Å². The Morgan fingerprint density at radius 1 is 1.17 bits per heavy atom. The van der Waals surface area contributed by atoms with Crippen LogP contribution in [0.3, 0.4) is 0 Å². The quantitative estimate of drug-likeness (QED) is 0.889. The number of piperazine rings is 1. The number of para-hydroxylation sites is 1. The third-order valence-corrected chi connectivity index (χ3v) is 4.42. The highest BCUT2D eigenvalue weighted by Crippen LogP contribution is 2.33. The second-order valence-corrected chi connectivity index (χ2v) is 5.90. The number of anilines is 1. The minimum Gasteiger partial charge on any atom is -0.450 e. The summed E-state index contributed by atoms with van der Waals surface area (Å²) in [6, 6.07) is 7.40. The van der Waals surface area contributed by atoms with Crippen LogP contribution < -0.4 is 5.32 Å². The first-order valence-corrected chi connectivity index (χ1v) is 8.19. The van der Waals surface area contributed by atoms with Crippen LogP contribution in [0.25, 0.3) is 0 Å². The van der Waals surface area contributed by atoms with Gasteiger partial charge in [0, 0.05) is 38.3 Å². The molecule has 1 fully saturated rings. The molecule has 0 aromatic heterocycles. The Bertz CT molecular complexity index is 653. The molecule has 7 heteroatoms. The van der Waals surface area contributed by atoms with Crippen molar-refractivity contribution in [2.45, 2.75) is 19.3 Å². The van der Waals surface area contributed by atoms with Gasteiger partial charge in [0.25, 0.3) is 0 Å². The Morgan fingerprint density at radius 2 is 1.83 bits per heavy atom. The van der Waals surface area contributed by atoms with Crippen molar-refractivity contribution in [2.24, 2.45) is 0 Å². The van der Waals surface area contributed by atoms with Gasteiger partial charge in [-0.15, -0.1) is 0 Å². The van der Waals surface area contributed by atoms with Gasteiger partial charge in [0.2, 0.25) is 11.8 Å². The van der Waals surface area contributed by atoms with Gasteiger partial charge in [-0.05, 0) is 18.6 Å². The highest BCUT2D eigenvalue weighted by Gasteiger charge is 2.35. The zero-order valence-electron chi connectivity index (χ0n) is 13.7. The van der Waals surface area contributed by atoms with Gasteiger partial charge in [0.05, 0.1) is 12.5 Å². The molecule has 0 aliphatic carbocycles. The largest absolute Gasteiger partial charge is 0.450 e. The van der Waals surface area contributed by atoms with E-state index < -0.39 is 5.92 Å². The zero-order chi connectivity index (χ0) is 17.1. The van der Waals surface area contributed by atoms with Crippen molar-refractivity contribution < 1.29 is 19.1 Å². The molecule has 3 rings (SSSR count). The highest BCUT2D eigenvalue weighted by molar-refractivity contribution is 6.01. The van der Waals surface area contributed by atoms with Crippen molar-refractivity contribution in [3.05, 3.63) is 29.8 Å². The SMILES string of the molecule is CCOC(=O)N1CCN(C(=O)C2CC(=O)Nc3ccccc32)CC1. The summed E-state index contributed by atoms with van der Waals surface area (Å²) in [5.74, 6) is -0.651. The number of carbonyl (C=O) groups is 3. The fourth-order valence-electron chi connectivity index (χ4n) is 3.18. The smallest absolute Gasteiger partial charge is 0.409 e. The van der Waals surface area contributed by atoms with Crippen molar-refractivity contribution in [3.63, 3.8) is 0 Å². The van der Waals surface area contributed by atoms with Gasteiger partial charge in [-0.2, -0.15) is 0 Å². The number of hydrogen-bond donors (Lipinski definition) is 1. The minimum atomic E-state index is -0.455. The van der Waals surface area contributed by atoms with E-state index in [1.807, 2.05) is 24.3 Å². The van der Waals surface area contributed by atoms with Gasteiger partial charge in [-0.1, -0.05) is 18.2 Å². The van der Waals surface area contributed by atoms with Crippen molar-refractivity contribution in [1.29, 1.82) is 0 Å². The highest BCUT2D eigenvalue weighted by atomic mass is 16.6. The molecule has 0 bridgehead atoms. The molecule has 1 aromatic carbocycles. The summed E-state index contributed by atoms with van der Waals surface area (Å²) < 4.78 is 4.98. The van der Waals surface area contributed by atoms with Crippen LogP contribution in [0.4, 0.5) is 10.5 Å². The Labute approximate surface area is 140 Å². The number of benzene rings is 1. The maximum absolute atomic E-state index is 12.9. The second kappa shape index (κ2) is 6.90. The molecule has 1 atom stereocenters. The summed E-state index contributed by atoms with van der Waals surface area (Å²) in [5, 5.41) is 2.80. The normalized spacial score (nSPS) is 20.2. The van der Waals surface area contributed by atoms with E-state index in [-0.39, 0.29) is 24.3 Å². The number of amides is 3. The Hall–Kier alpha value is -2.57. The number of ether oxygens (including phenoxy) is 1. The van der Waals surface area contributed by atoms with Crippen LogP contribution in [0.5, 0.6) is 0 Å². The van der Waals surface area contributed by atoms with Gasteiger partial charge in [0.1, 0.15) is 0 Å². The Morgan fingerprint density at radius 3 is 2.54 bits per heavy atom. The number of rotatable bonds is 2. The number of fused-ring (bicyclic) bond motifs is 1. The van der Waals surface area contributed by atoms with E-state index in [1.165, 1.54) is 0 Å². The number of nitrogens with one attached hydrogen (secondary N) is 1. The van der Waals surface area contributed by atoms with Crippen LogP contribution in [-0.2, 0) is 14.3 Å². The molecule has 0 spiro atoms. The molecule has 2 heterocycles. The molecular weight excluding hydrogens is 310 g/mol. The molecule has 7 nitrogen and oxygen atoms in total. The molecular formula is C17H21N3O4. The lowest BCUT2D eigenvalue weighted by Crippen LogP contribution is -2.52. The summed E-state index contributed by atoms with van der Waals surface area (Å²) in [5.41, 5.74) is 1.56. The number of hydrogen-bond acceptors (Lipinski definition) is 4. The van der Waals surface area contributed by atoms with Crippen LogP contribution in [0.2, 0.25) is 0 Å². The first-order chi connectivity index (χ1) is 11.6. The zero-order valence-corrected chi connectivity index (χ0v) is 13.7. The molecule has 0 radical (unpaired) electrons. The molecule has 2 aliphatic heterocycles. The van der Waals surface area contributed by atoms with Crippen LogP contribution in [-0.4, -0.2) is 60.5 Å². The maximum Gasteiger partial charge on any atom is 0.409 e. The molecule has 2 aliphatic rings. The molecule has 3 amide bonds. The number of nitrogens with zero attached hydrogens (tertiary/aromatic N) is 2. The lowest BCUT2D eigenvalue weighted by Gasteiger charge is -2.36. The standard InChI is InChI=1S/C17H21N3O4/c1-2-24-17(23)20-9-7-19(8-10-20)16(22)13-11-15(21)18-14-6-4-3-5-12(13)14/h3-6,13H,2,7-11H2,1H3,(H,18,21). The van der Waals surface area contributed by atoms with Crippen molar-refractivity contribution >= 4 is 23.6 Å². The van der Waals surface area contributed by atoms with Gasteiger partial charge < -0.3 is 19.9 Å². The summed E-state index contributed by atoms with van der Waals surface area (Å²) >= 11 is 0. The fourth-order valence-corrected chi connectivity index (χ4v) is 3.18. The second-order valence-electron chi connectivity index (χ2n) is 5.90. The van der Waals surface area contributed by atoms with Crippen molar-refractivity contribution in [2.75, 3.05) is 38.1 Å². The van der Waals surface area contributed by atoms with Crippen LogP contribution in [0.1, 0.15) is 24.8 Å². The van der Waals surface area contributed by atoms with Crippen LogP contribution in [0.15, 0.2) is 24.3 Å². The summed E-state index contributed by atoms with van der Waals surface area (Å²) in [6.07, 6.45) is -0.180. The first-order valence-electron chi connectivity index (χ1n) is 8.19. The molecule has 0 saturated carbocycles. The van der Waals surface area contributed by atoms with E-state index in [0.29, 0.717) is 38.5 Å². The third-order valence-electron chi connectivity index (χ3n) is 4.42. The Balaban J connectivity index is 1.68. The molecule has 1 unspecified atom stereocenters. The Kier molecular flexibility index (Phi) is 4.69. The molecule has 24 heavy (non-hydrogen) atoms. The predicted octanol–water partition coefficient (Wildman–Crippen LogP) is 1.41. The molecule has 1 N–H and O–H groups in total. The maximum atomic E-state index is 12.9. The lowest BCUT2D eigenvalue weighted by molar-refractivity contribution is -0.136. The van der Waals surface area contributed by atoms with E-state index in [1.54, 1.807) is 16.7 Å². The summed E-state index contributed by atoms with van der Waals surface area (Å²) in [7, 11) is 0. The lowest BCUT2D eigenvalue weighted by atomic mass is 9.89. The molecule has 1 saturated heterocycles. The summed E-state index contributed by atoms with van der Waals surface area (Å²) in [6.45, 7) is 3.92. The fraction of sp³-hybridized carbons (Fsp3) is 0.471. The van der Waals surface area contributed by atoms with Gasteiger partial charge in [-0.3, -0.25) is 9.59 Å². The van der Waals surface area contributed by atoms with Gasteiger partial charge >= 0.3 is 6.09 Å². The van der Waals surface area contributed by atoms with Crippen LogP contribution in [0, 0.1) is 0 Å². The topological polar surface area (TPSA) is 79.0 Å². The molecule has 1 aromatic rings. The monoisotopic (exact) mass is 331 g/mol. The predicted molar refractivity (Wildman–Crippen MR) is 87.6 cm³/mol. The van der Waals surface area contributed by atoms with Crippen molar-refractivity contribution in [3.8, 4) is 0 Å². The minimum absolute atomic E-state index is 0.0548. The van der Waals surface area contributed by atoms with E-state index in [0.717, 1.165) is 5.56 Å². The van der Waals surface area contributed by atoms with Crippen molar-refractivity contribution in [1.82, 2.24) is 9.80 Å². The van der Waals surface area contributed by atoms with E-state index >= 15 is 0 Å². The van der Waals surface area contributed by atoms with E-state index in [9.17, 15) is 14.4 Å². The molecule has 128 valence electrons. The number of carbonyl (C=O) groups excluding carboxylic acids is 3. The van der Waals surface area contributed by atoms with Gasteiger partial charge in [0.15, 0.2) is 0 Å². The van der Waals surface area contributed by atoms with E-state index in [4.69, 9.17) is 4.74 Å². The average molecular weight is 331 g/mol. The van der Waals surface area contributed by atoms with Gasteiger partial charge in [-0.25, -0.2) is 4.79 Å². The first kappa shape index (κ1) is 16.3. The van der Waals surface area contributed by atoms with E-state index in [2.05, 4.69) is 5.32 Å². The average Bonchev–Trinajstić information content (AvgIpc) is 2.60. The summed E-state index contributed by atoms with van der Waals surface area (Å²) in [4.78, 5) is 39.8.